The minimum Gasteiger partial charge on any atom is -0.465 e. The van der Waals surface area contributed by atoms with Crippen LogP contribution in [0.4, 0.5) is 4.79 Å². The topological polar surface area (TPSA) is 99.0 Å². The van der Waals surface area contributed by atoms with Crippen LogP contribution in [0.1, 0.15) is 30.0 Å². The SMILES string of the molecule is Cn1cc(CN2CC3CN(C(=O)O)CC3C2)c(C2CCN(S(C)(=O)=O)CC2)n1. The molecule has 0 saturated carbocycles. The number of piperidine rings is 1. The van der Waals surface area contributed by atoms with Crippen LogP contribution in [-0.4, -0.2) is 89.0 Å². The van der Waals surface area contributed by atoms with Gasteiger partial charge in [-0.1, -0.05) is 0 Å². The summed E-state index contributed by atoms with van der Waals surface area (Å²) in [6.07, 6.45) is 4.15. The Morgan fingerprint density at radius 3 is 2.32 bits per heavy atom. The summed E-state index contributed by atoms with van der Waals surface area (Å²) in [4.78, 5) is 15.1. The Bertz CT molecular complexity index is 832. The molecule has 10 heteroatoms. The minimum absolute atomic E-state index is 0.291. The number of carboxylic acid groups (broad SMARTS) is 1. The van der Waals surface area contributed by atoms with Gasteiger partial charge in [-0.05, 0) is 24.7 Å². The van der Waals surface area contributed by atoms with E-state index in [4.69, 9.17) is 5.10 Å². The number of sulfonamides is 1. The average molecular weight is 412 g/mol. The molecule has 3 aliphatic rings. The Labute approximate surface area is 165 Å². The van der Waals surface area contributed by atoms with Crippen LogP contribution in [0.3, 0.4) is 0 Å². The summed E-state index contributed by atoms with van der Waals surface area (Å²) in [6.45, 7) is 5.07. The number of hydrogen-bond donors (Lipinski definition) is 1. The van der Waals surface area contributed by atoms with Gasteiger partial charge in [-0.25, -0.2) is 17.5 Å². The van der Waals surface area contributed by atoms with Crippen LogP contribution in [0.15, 0.2) is 6.20 Å². The van der Waals surface area contributed by atoms with Crippen LogP contribution in [0.25, 0.3) is 0 Å². The Balaban J connectivity index is 1.39. The number of rotatable bonds is 4. The molecule has 3 fully saturated rings. The number of nitrogens with zero attached hydrogens (tertiary/aromatic N) is 5. The van der Waals surface area contributed by atoms with Gasteiger partial charge >= 0.3 is 6.09 Å². The molecule has 156 valence electrons. The fourth-order valence-electron chi connectivity index (χ4n) is 5.10. The zero-order valence-corrected chi connectivity index (χ0v) is 17.3. The highest BCUT2D eigenvalue weighted by Gasteiger charge is 2.42. The third kappa shape index (κ3) is 3.90. The average Bonchev–Trinajstić information content (AvgIpc) is 3.27. The van der Waals surface area contributed by atoms with E-state index >= 15 is 0 Å². The lowest BCUT2D eigenvalue weighted by Crippen LogP contribution is -2.37. The van der Waals surface area contributed by atoms with Crippen molar-refractivity contribution in [2.24, 2.45) is 18.9 Å². The van der Waals surface area contributed by atoms with Gasteiger partial charge in [0.15, 0.2) is 0 Å². The quantitative estimate of drug-likeness (QED) is 0.779. The fourth-order valence-corrected chi connectivity index (χ4v) is 5.97. The van der Waals surface area contributed by atoms with Crippen molar-refractivity contribution in [2.75, 3.05) is 45.5 Å². The van der Waals surface area contributed by atoms with Crippen LogP contribution < -0.4 is 0 Å². The molecule has 28 heavy (non-hydrogen) atoms. The van der Waals surface area contributed by atoms with Crippen LogP contribution in [-0.2, 0) is 23.6 Å². The van der Waals surface area contributed by atoms with E-state index in [1.54, 1.807) is 4.31 Å². The van der Waals surface area contributed by atoms with E-state index in [1.807, 2.05) is 11.7 Å². The Kier molecular flexibility index (Phi) is 5.13. The summed E-state index contributed by atoms with van der Waals surface area (Å²) in [5.74, 6) is 1.14. The van der Waals surface area contributed by atoms with Gasteiger partial charge in [0.25, 0.3) is 0 Å². The molecule has 0 bridgehead atoms. The van der Waals surface area contributed by atoms with Crippen molar-refractivity contribution in [3.05, 3.63) is 17.5 Å². The van der Waals surface area contributed by atoms with Crippen molar-refractivity contribution in [1.29, 1.82) is 0 Å². The van der Waals surface area contributed by atoms with Gasteiger partial charge in [0.05, 0.1) is 11.9 Å². The minimum atomic E-state index is -3.12. The summed E-state index contributed by atoms with van der Waals surface area (Å²) in [5, 5.41) is 13.9. The number of likely N-dealkylation sites (tertiary alicyclic amines) is 2. The molecule has 3 saturated heterocycles. The van der Waals surface area contributed by atoms with E-state index in [1.165, 1.54) is 16.7 Å². The summed E-state index contributed by atoms with van der Waals surface area (Å²) in [7, 11) is -1.19. The summed E-state index contributed by atoms with van der Waals surface area (Å²) in [5.41, 5.74) is 2.32. The number of aromatic nitrogens is 2. The summed E-state index contributed by atoms with van der Waals surface area (Å²) in [6, 6.07) is 0. The maximum Gasteiger partial charge on any atom is 0.407 e. The van der Waals surface area contributed by atoms with Crippen LogP contribution >= 0.6 is 0 Å². The first-order valence-electron chi connectivity index (χ1n) is 9.88. The van der Waals surface area contributed by atoms with Gasteiger partial charge in [0, 0.05) is 70.5 Å². The normalized spacial score (nSPS) is 27.4. The molecule has 2 unspecified atom stereocenters. The second-order valence-corrected chi connectivity index (χ2v) is 10.5. The molecule has 1 aromatic heterocycles. The highest BCUT2D eigenvalue weighted by molar-refractivity contribution is 7.88. The zero-order valence-electron chi connectivity index (χ0n) is 16.5. The van der Waals surface area contributed by atoms with E-state index in [2.05, 4.69) is 11.1 Å². The van der Waals surface area contributed by atoms with Crippen molar-refractivity contribution in [2.45, 2.75) is 25.3 Å². The smallest absolute Gasteiger partial charge is 0.407 e. The first-order valence-corrected chi connectivity index (χ1v) is 11.7. The Hall–Kier alpha value is -1.65. The number of fused-ring (bicyclic) bond motifs is 1. The van der Waals surface area contributed by atoms with E-state index < -0.39 is 16.1 Å². The van der Waals surface area contributed by atoms with Crippen molar-refractivity contribution in [3.8, 4) is 0 Å². The molecule has 4 rings (SSSR count). The van der Waals surface area contributed by atoms with E-state index in [0.717, 1.165) is 38.2 Å². The fraction of sp³-hybridized carbons (Fsp3) is 0.778. The molecule has 0 aromatic carbocycles. The molecule has 1 aromatic rings. The summed E-state index contributed by atoms with van der Waals surface area (Å²) < 4.78 is 26.9. The molecule has 0 aliphatic carbocycles. The molecule has 1 N–H and O–H groups in total. The predicted octanol–water partition coefficient (Wildman–Crippen LogP) is 0.601. The third-order valence-corrected chi connectivity index (χ3v) is 7.78. The molecular formula is C18H29N5O4S. The molecule has 4 heterocycles. The van der Waals surface area contributed by atoms with Crippen molar-refractivity contribution in [1.82, 2.24) is 23.9 Å². The van der Waals surface area contributed by atoms with E-state index in [0.29, 0.717) is 43.9 Å². The van der Waals surface area contributed by atoms with Gasteiger partial charge in [-0.3, -0.25) is 9.58 Å². The second-order valence-electron chi connectivity index (χ2n) is 8.55. The van der Waals surface area contributed by atoms with Gasteiger partial charge in [-0.15, -0.1) is 0 Å². The third-order valence-electron chi connectivity index (χ3n) is 6.47. The van der Waals surface area contributed by atoms with Crippen LogP contribution in [0.2, 0.25) is 0 Å². The standard InChI is InChI=1S/C18H29N5O4S/c1-20-7-16(10-21-8-14-11-22(18(24)25)12-15(14)9-21)17(19-20)13-3-5-23(6-4-13)28(2,26)27/h7,13-15H,3-6,8-12H2,1-2H3,(H,24,25). The highest BCUT2D eigenvalue weighted by atomic mass is 32.2. The maximum atomic E-state index is 11.8. The molecule has 2 atom stereocenters. The van der Waals surface area contributed by atoms with Crippen molar-refractivity contribution >= 4 is 16.1 Å². The largest absolute Gasteiger partial charge is 0.465 e. The molecule has 0 radical (unpaired) electrons. The molecule has 1 amide bonds. The van der Waals surface area contributed by atoms with Crippen molar-refractivity contribution < 1.29 is 18.3 Å². The van der Waals surface area contributed by atoms with Crippen LogP contribution in [0.5, 0.6) is 0 Å². The van der Waals surface area contributed by atoms with Gasteiger partial charge < -0.3 is 10.0 Å². The van der Waals surface area contributed by atoms with Gasteiger partial charge in [-0.2, -0.15) is 5.10 Å². The van der Waals surface area contributed by atoms with E-state index in [-0.39, 0.29) is 0 Å². The molecule has 9 nitrogen and oxygen atoms in total. The number of hydrogen-bond acceptors (Lipinski definition) is 5. The lowest BCUT2D eigenvalue weighted by molar-refractivity contribution is 0.148. The Morgan fingerprint density at radius 2 is 1.79 bits per heavy atom. The monoisotopic (exact) mass is 411 g/mol. The molecule has 0 spiro atoms. The predicted molar refractivity (Wildman–Crippen MR) is 103 cm³/mol. The van der Waals surface area contributed by atoms with E-state index in [9.17, 15) is 18.3 Å². The van der Waals surface area contributed by atoms with Gasteiger partial charge in [0.1, 0.15) is 0 Å². The molecule has 3 aliphatic heterocycles. The first-order chi connectivity index (χ1) is 13.2. The van der Waals surface area contributed by atoms with Gasteiger partial charge in [0.2, 0.25) is 10.0 Å². The highest BCUT2D eigenvalue weighted by Crippen LogP contribution is 2.34. The number of amides is 1. The van der Waals surface area contributed by atoms with Crippen molar-refractivity contribution in [3.63, 3.8) is 0 Å². The first kappa shape index (κ1) is 19.7. The summed E-state index contributed by atoms with van der Waals surface area (Å²) >= 11 is 0. The van der Waals surface area contributed by atoms with Crippen LogP contribution in [0, 0.1) is 11.8 Å². The second kappa shape index (κ2) is 7.31. The molecular weight excluding hydrogens is 382 g/mol. The lowest BCUT2D eigenvalue weighted by Gasteiger charge is -2.30. The number of carbonyl (C=O) groups is 1. The number of aryl methyl sites for hydroxylation is 1. The lowest BCUT2D eigenvalue weighted by atomic mass is 9.92. The maximum absolute atomic E-state index is 11.8. The zero-order chi connectivity index (χ0) is 20.1. The Morgan fingerprint density at radius 1 is 1.18 bits per heavy atom.